The predicted octanol–water partition coefficient (Wildman–Crippen LogP) is 1.35. The van der Waals surface area contributed by atoms with Crippen molar-refractivity contribution in [1.82, 2.24) is 0 Å². The van der Waals surface area contributed by atoms with Crippen LogP contribution in [-0.2, 0) is 25.8 Å². The third-order valence-corrected chi connectivity index (χ3v) is 5.12. The van der Waals surface area contributed by atoms with Crippen LogP contribution in [-0.4, -0.2) is 26.9 Å². The van der Waals surface area contributed by atoms with Crippen LogP contribution in [0.25, 0.3) is 0 Å². The molecular weight excluding hydrogens is 397 g/mol. The van der Waals surface area contributed by atoms with E-state index in [1.807, 2.05) is 6.92 Å². The minimum absolute atomic E-state index is 0.150. The zero-order chi connectivity index (χ0) is 20.2. The average Bonchev–Trinajstić information content (AvgIpc) is 2.48. The van der Waals surface area contributed by atoms with Gasteiger partial charge in [-0.2, -0.15) is 13.2 Å². The second kappa shape index (κ2) is 8.01. The van der Waals surface area contributed by atoms with Crippen molar-refractivity contribution < 1.29 is 39.1 Å². The molecule has 26 heavy (non-hydrogen) atoms. The van der Waals surface area contributed by atoms with Crippen molar-refractivity contribution >= 4 is 25.8 Å². The molecule has 0 amide bonds. The van der Waals surface area contributed by atoms with Crippen molar-refractivity contribution in [2.45, 2.75) is 23.2 Å². The lowest BCUT2D eigenvalue weighted by Crippen LogP contribution is -2.40. The summed E-state index contributed by atoms with van der Waals surface area (Å²) in [5, 5.41) is 0. The first-order valence-corrected chi connectivity index (χ1v) is 9.85. The lowest BCUT2D eigenvalue weighted by Gasteiger charge is -2.08. The molecule has 0 atom stereocenters. The van der Waals surface area contributed by atoms with E-state index in [0.717, 1.165) is 5.56 Å². The van der Waals surface area contributed by atoms with Crippen LogP contribution in [0, 0.1) is 6.92 Å². The Hall–Kier alpha value is -2.18. The zero-order valence-corrected chi connectivity index (χ0v) is 15.0. The molecule has 2 aromatic rings. The highest BCUT2D eigenvalue weighted by Crippen LogP contribution is 2.20. The number of sulfone groups is 1. The summed E-state index contributed by atoms with van der Waals surface area (Å²) >= 11 is 0. The monoisotopic (exact) mass is 412 g/mol. The largest absolute Gasteiger partial charge is 0.741 e. The number of halogens is 3. The van der Waals surface area contributed by atoms with Gasteiger partial charge in [-0.1, -0.05) is 23.8 Å². The quantitative estimate of drug-likeness (QED) is 0.461. The highest BCUT2D eigenvalue weighted by Gasteiger charge is 2.36. The molecule has 0 fully saturated rings. The molecule has 12 heteroatoms. The van der Waals surface area contributed by atoms with Crippen molar-refractivity contribution in [1.29, 1.82) is 0 Å². The van der Waals surface area contributed by atoms with E-state index in [0.29, 0.717) is 10.7 Å². The molecule has 1 aromatic heterocycles. The van der Waals surface area contributed by atoms with E-state index in [2.05, 4.69) is 0 Å². The molecule has 0 radical (unpaired) electrons. The van der Waals surface area contributed by atoms with Gasteiger partial charge in [0.05, 0.1) is 11.1 Å². The summed E-state index contributed by atoms with van der Waals surface area (Å²) in [5.74, 6) is 0.274. The fourth-order valence-corrected chi connectivity index (χ4v) is 2.91. The Kier molecular flexibility index (Phi) is 6.74. The van der Waals surface area contributed by atoms with E-state index >= 15 is 0 Å². The maximum Gasteiger partial charge on any atom is 0.485 e. The first-order valence-electron chi connectivity index (χ1n) is 6.79. The van der Waals surface area contributed by atoms with Crippen LogP contribution in [0.1, 0.15) is 5.56 Å². The lowest BCUT2D eigenvalue weighted by molar-refractivity contribution is -0.662. The van der Waals surface area contributed by atoms with Crippen molar-refractivity contribution in [3.8, 4) is 0 Å². The van der Waals surface area contributed by atoms with Crippen molar-refractivity contribution in [2.24, 2.45) is 0 Å². The standard InChI is InChI=1S/C13H14N2O2S.CHF3O3S/c1-11-5-7-12(8-6-11)18(16,17)10-15-9-3-2-4-13(15)14;2-1(3,4)8(5,6)7/h2-9,14H,10H2,1H3;(H,5,6,7). The van der Waals surface area contributed by atoms with E-state index in [4.69, 9.17) is 18.7 Å². The number of aromatic nitrogens is 1. The number of rotatable bonds is 3. The highest BCUT2D eigenvalue weighted by atomic mass is 32.2. The van der Waals surface area contributed by atoms with E-state index in [-0.39, 0.29) is 5.88 Å². The van der Waals surface area contributed by atoms with Crippen LogP contribution in [0.3, 0.4) is 0 Å². The molecule has 0 spiro atoms. The van der Waals surface area contributed by atoms with E-state index < -0.39 is 25.5 Å². The van der Waals surface area contributed by atoms with Crippen LogP contribution < -0.4 is 10.3 Å². The lowest BCUT2D eigenvalue weighted by atomic mass is 10.2. The molecule has 0 unspecified atom stereocenters. The molecule has 1 heterocycles. The maximum absolute atomic E-state index is 12.2. The summed E-state index contributed by atoms with van der Waals surface area (Å²) < 4.78 is 84.8. The number of anilines is 1. The summed E-state index contributed by atoms with van der Waals surface area (Å²) in [6.07, 6.45) is 1.65. The van der Waals surface area contributed by atoms with Gasteiger partial charge < -0.3 is 4.55 Å². The number of aryl methyl sites for hydroxylation is 1. The van der Waals surface area contributed by atoms with Gasteiger partial charge in [-0.15, -0.1) is 0 Å². The Morgan fingerprint density at radius 1 is 1.04 bits per heavy atom. The number of nitrogens with zero attached hydrogens (tertiary/aromatic N) is 1. The van der Waals surface area contributed by atoms with Crippen molar-refractivity contribution in [2.75, 3.05) is 5.73 Å². The molecule has 144 valence electrons. The number of alkyl halides is 3. The summed E-state index contributed by atoms with van der Waals surface area (Å²) in [6.45, 7) is 1.92. The first kappa shape index (κ1) is 21.9. The predicted molar refractivity (Wildman–Crippen MR) is 85.2 cm³/mol. The molecule has 1 aromatic carbocycles. The summed E-state index contributed by atoms with van der Waals surface area (Å²) in [6, 6.07) is 12.0. The molecule has 0 bridgehead atoms. The fraction of sp³-hybridized carbons (Fsp3) is 0.214. The Balaban J connectivity index is 0.000000359. The van der Waals surface area contributed by atoms with Crippen LogP contribution in [0.15, 0.2) is 53.6 Å². The summed E-state index contributed by atoms with van der Waals surface area (Å²) in [4.78, 5) is 0.309. The normalized spacial score (nSPS) is 12.2. The molecule has 2 rings (SSSR count). The third-order valence-electron chi connectivity index (χ3n) is 2.95. The van der Waals surface area contributed by atoms with Crippen molar-refractivity contribution in [3.63, 3.8) is 0 Å². The minimum Gasteiger partial charge on any atom is -0.741 e. The van der Waals surface area contributed by atoms with Gasteiger partial charge in [0.15, 0.2) is 16.0 Å². The number of nitrogens with two attached hydrogens (primary N) is 1. The summed E-state index contributed by atoms with van der Waals surface area (Å²) in [5.41, 5.74) is 1.11. The van der Waals surface area contributed by atoms with Gasteiger partial charge in [-0.25, -0.2) is 21.4 Å². The van der Waals surface area contributed by atoms with Gasteiger partial charge in [0, 0.05) is 6.07 Å². The van der Waals surface area contributed by atoms with E-state index in [1.165, 1.54) is 4.57 Å². The number of pyridine rings is 1. The summed E-state index contributed by atoms with van der Waals surface area (Å²) in [7, 11) is -9.46. The molecular formula is C14H15F3N2O5S2. The fourth-order valence-electron chi connectivity index (χ4n) is 1.61. The Bertz CT molecular complexity index is 957. The molecule has 7 nitrogen and oxygen atoms in total. The van der Waals surface area contributed by atoms with E-state index in [1.54, 1.807) is 48.7 Å². The molecule has 0 aliphatic rings. The number of hydrogen-bond donors (Lipinski definition) is 1. The second-order valence-electron chi connectivity index (χ2n) is 5.05. The highest BCUT2D eigenvalue weighted by molar-refractivity contribution is 7.90. The zero-order valence-electron chi connectivity index (χ0n) is 13.3. The average molecular weight is 412 g/mol. The van der Waals surface area contributed by atoms with Crippen LogP contribution in [0.5, 0.6) is 0 Å². The molecule has 0 aliphatic heterocycles. The van der Waals surface area contributed by atoms with Crippen molar-refractivity contribution in [3.05, 3.63) is 54.2 Å². The molecule has 0 saturated carbocycles. The van der Waals surface area contributed by atoms with Gasteiger partial charge in [0.2, 0.25) is 9.84 Å². The van der Waals surface area contributed by atoms with Gasteiger partial charge >= 0.3 is 5.51 Å². The van der Waals surface area contributed by atoms with Gasteiger partial charge in [0.1, 0.15) is 0 Å². The second-order valence-corrected chi connectivity index (χ2v) is 8.38. The number of nitrogen functional groups attached to an aromatic ring is 1. The molecule has 0 aliphatic carbocycles. The van der Waals surface area contributed by atoms with Gasteiger partial charge in [0.25, 0.3) is 5.82 Å². The maximum atomic E-state index is 12.2. The third kappa shape index (κ3) is 6.28. The van der Waals surface area contributed by atoms with E-state index in [9.17, 15) is 21.6 Å². The molecule has 2 N–H and O–H groups in total. The van der Waals surface area contributed by atoms with Crippen LogP contribution in [0.2, 0.25) is 0 Å². The van der Waals surface area contributed by atoms with Gasteiger partial charge in [-0.05, 0) is 25.1 Å². The number of hydrogen-bond acceptors (Lipinski definition) is 6. The minimum atomic E-state index is -6.09. The van der Waals surface area contributed by atoms with Crippen LogP contribution in [0.4, 0.5) is 19.0 Å². The first-order chi connectivity index (χ1) is 11.7. The smallest absolute Gasteiger partial charge is 0.485 e. The van der Waals surface area contributed by atoms with Crippen LogP contribution >= 0.6 is 0 Å². The van der Waals surface area contributed by atoms with Gasteiger partial charge in [-0.3, -0.25) is 5.73 Å². The Morgan fingerprint density at radius 2 is 1.54 bits per heavy atom. The Labute approximate surface area is 148 Å². The Morgan fingerprint density at radius 3 is 1.96 bits per heavy atom. The molecule has 0 saturated heterocycles. The topological polar surface area (TPSA) is 121 Å². The number of benzene rings is 1. The SMILES string of the molecule is Cc1ccc(S(=O)(=O)C[n+]2ccccc2N)cc1.O=S(=O)([O-])C(F)(F)F.